The second-order valence-corrected chi connectivity index (χ2v) is 25.5. The first-order chi connectivity index (χ1) is 41.3. The molecule has 0 aromatic heterocycles. The number of nitrogens with two attached hydrogens (primary N) is 2. The number of aliphatic imine (C=N–C) groups is 3. The maximum absolute atomic E-state index is 15.1. The molecular weight excluding hydrogens is 1310 g/mol. The van der Waals surface area contributed by atoms with Crippen LogP contribution in [0.5, 0.6) is 0 Å². The number of nitrogens with one attached hydrogen (secondary N) is 3. The SMILES string of the molecule is CC(F)(F)[C@H]1OC[C@]2(c3cc(Br)ccc3F)N=C(NC(=O)c3ccccc3)SC[C@H]12.CC(F)(F)[C@H]1OC[C@]2(c3cc(N)ccc3F)N=C(N)SC[C@H]12.CC(F)(F)[C@H]1OC[C@]2(c3cc(NC(=O)C(F)(F)F)ccc3F)N=C(NC(=O)c3ccccc3)SC[C@H]12. The van der Waals surface area contributed by atoms with Gasteiger partial charge in [-0.2, -0.15) is 13.2 Å². The fourth-order valence-corrected chi connectivity index (χ4v) is 15.0. The third-order valence-corrected chi connectivity index (χ3v) is 18.7. The summed E-state index contributed by atoms with van der Waals surface area (Å²) in [7, 11) is 0. The van der Waals surface area contributed by atoms with Crippen molar-refractivity contribution in [1.29, 1.82) is 0 Å². The lowest BCUT2D eigenvalue weighted by molar-refractivity contribution is -0.167. The number of amides is 3. The molecule has 6 aliphatic heterocycles. The summed E-state index contributed by atoms with van der Waals surface area (Å²) in [5.41, 5.74) is 7.74. The lowest BCUT2D eigenvalue weighted by atomic mass is 9.77. The maximum atomic E-state index is 15.1. The number of alkyl halides is 9. The molecule has 6 aliphatic rings. The van der Waals surface area contributed by atoms with Crippen LogP contribution < -0.4 is 27.4 Å². The van der Waals surface area contributed by atoms with E-state index in [0.717, 1.165) is 55.6 Å². The van der Waals surface area contributed by atoms with Crippen molar-refractivity contribution in [3.8, 4) is 0 Å². The molecule has 88 heavy (non-hydrogen) atoms. The van der Waals surface area contributed by atoms with Gasteiger partial charge in [-0.15, -0.1) is 0 Å². The van der Waals surface area contributed by atoms with Crippen molar-refractivity contribution in [3.63, 3.8) is 0 Å². The van der Waals surface area contributed by atoms with Crippen LogP contribution in [0.1, 0.15) is 58.2 Å². The van der Waals surface area contributed by atoms with Crippen LogP contribution in [0.15, 0.2) is 135 Å². The largest absolute Gasteiger partial charge is 0.471 e. The van der Waals surface area contributed by atoms with E-state index in [1.807, 2.05) is 0 Å². The van der Waals surface area contributed by atoms with Gasteiger partial charge in [-0.25, -0.2) is 54.5 Å². The highest BCUT2D eigenvalue weighted by molar-refractivity contribution is 9.10. The summed E-state index contributed by atoms with van der Waals surface area (Å²) >= 11 is 6.62. The number of hydrogen-bond acceptors (Lipinski definition) is 14. The lowest BCUT2D eigenvalue weighted by Crippen LogP contribution is -2.47. The molecule has 3 fully saturated rings. The maximum Gasteiger partial charge on any atom is 0.471 e. The Balaban J connectivity index is 0.000000162. The fourth-order valence-electron chi connectivity index (χ4n) is 11.3. The van der Waals surface area contributed by atoms with E-state index in [2.05, 4.69) is 41.5 Å². The number of carbonyl (C=O) groups is 3. The molecule has 9 atom stereocenters. The van der Waals surface area contributed by atoms with Crippen LogP contribution in [-0.2, 0) is 35.6 Å². The standard InChI is InChI=1S/C23H19F6N3O3S.C21H18BrF3N2O2S.C14H16F3N3OS/c1-21(25,26)17-15-10-36-20(31-18(33)12-5-3-2-4-6-12)32-22(15,11-35-17)14-9-13(7-8-16(14)24)30-19(34)23(27,28)29;1-20(24,25)17-15-10-30-19(26-18(28)12-5-3-2-4-6-12)27-21(15,11-29-17)14-9-13(22)7-8-16(14)23;1-13(16,17)11-9-5-22-12(19)20-14(9,6-21-11)8-4-7(18)2-3-10(8)15/h2-9,15,17H,10-11H2,1H3,(H,30,34)(H,31,32,33);2-9,15,17H,10-11H2,1H3,(H,26,27,28);2-4,9,11H,5-6,18H2,1H3,(H2,19,20)/t15-,17+,22-;15-,17+,21-;9-,11+,14-/m111/s1. The molecule has 5 aromatic rings. The molecule has 0 unspecified atom stereocenters. The van der Waals surface area contributed by atoms with E-state index in [1.54, 1.807) is 66.0 Å². The number of ether oxygens (including phenoxy) is 3. The molecule has 14 nitrogen and oxygen atoms in total. The Morgan fingerprint density at radius 1 is 0.523 bits per heavy atom. The number of hydrogen-bond donors (Lipinski definition) is 5. The Bertz CT molecular complexity index is 3550. The van der Waals surface area contributed by atoms with E-state index < -0.39 is 118 Å². The molecule has 6 heterocycles. The van der Waals surface area contributed by atoms with Gasteiger partial charge in [0, 0.05) is 99.4 Å². The predicted molar refractivity (Wildman–Crippen MR) is 314 cm³/mol. The minimum Gasteiger partial charge on any atom is -0.399 e. The van der Waals surface area contributed by atoms with Gasteiger partial charge in [0.1, 0.15) is 52.4 Å². The van der Waals surface area contributed by atoms with Crippen molar-refractivity contribution in [2.45, 2.75) is 79.6 Å². The Hall–Kier alpha value is -6.31. The number of benzene rings is 5. The molecule has 5 aromatic carbocycles. The molecule has 7 N–H and O–H groups in total. The molecule has 30 heteroatoms. The summed E-state index contributed by atoms with van der Waals surface area (Å²) in [5.74, 6) is -16.9. The number of nitrogens with zero attached hydrogens (tertiary/aromatic N) is 3. The van der Waals surface area contributed by atoms with Gasteiger partial charge in [0.05, 0.1) is 19.8 Å². The number of nitrogen functional groups attached to an aromatic ring is 1. The van der Waals surface area contributed by atoms with Crippen LogP contribution in [0.4, 0.5) is 64.1 Å². The number of rotatable bonds is 9. The third-order valence-electron chi connectivity index (χ3n) is 15.3. The van der Waals surface area contributed by atoms with Gasteiger partial charge in [-0.05, 0) is 78.9 Å². The van der Waals surface area contributed by atoms with Crippen molar-refractivity contribution in [1.82, 2.24) is 10.6 Å². The molecule has 0 spiro atoms. The van der Waals surface area contributed by atoms with Crippen LogP contribution in [0.2, 0.25) is 0 Å². The first-order valence-electron chi connectivity index (χ1n) is 26.6. The van der Waals surface area contributed by atoms with E-state index in [9.17, 15) is 62.7 Å². The van der Waals surface area contributed by atoms with Gasteiger partial charge in [-0.1, -0.05) is 87.6 Å². The van der Waals surface area contributed by atoms with Gasteiger partial charge in [-0.3, -0.25) is 14.4 Å². The average molecular weight is 1360 g/mol. The van der Waals surface area contributed by atoms with Crippen LogP contribution in [0, 0.1) is 35.2 Å². The number of fused-ring (bicyclic) bond motifs is 3. The normalized spacial score (nSPS) is 26.7. The zero-order valence-corrected chi connectivity index (χ0v) is 50.3. The van der Waals surface area contributed by atoms with Crippen molar-refractivity contribution in [2.75, 3.05) is 48.1 Å². The number of anilines is 2. The molecule has 3 saturated heterocycles. The summed E-state index contributed by atoms with van der Waals surface area (Å²) in [6.45, 7) is 1.37. The zero-order chi connectivity index (χ0) is 63.9. The van der Waals surface area contributed by atoms with Gasteiger partial charge in [0.2, 0.25) is 0 Å². The molecule has 470 valence electrons. The lowest BCUT2D eigenvalue weighted by Gasteiger charge is -2.37. The Morgan fingerprint density at radius 2 is 0.909 bits per heavy atom. The molecule has 3 amide bonds. The Labute approximate surface area is 516 Å². The topological polar surface area (TPSA) is 204 Å². The second kappa shape index (κ2) is 25.5. The minimum atomic E-state index is -5.20. The third kappa shape index (κ3) is 13.9. The van der Waals surface area contributed by atoms with Crippen molar-refractivity contribution in [2.24, 2.45) is 38.5 Å². The highest BCUT2D eigenvalue weighted by Crippen LogP contribution is 2.55. The molecule has 0 radical (unpaired) electrons. The highest BCUT2D eigenvalue weighted by Gasteiger charge is 2.63. The average Bonchev–Trinajstić information content (AvgIpc) is 1.69. The highest BCUT2D eigenvalue weighted by atomic mass is 79.9. The van der Waals surface area contributed by atoms with Crippen LogP contribution in [0.3, 0.4) is 0 Å². The van der Waals surface area contributed by atoms with Crippen molar-refractivity contribution in [3.05, 3.63) is 165 Å². The summed E-state index contributed by atoms with van der Waals surface area (Å²) < 4.78 is 184. The predicted octanol–water partition coefficient (Wildman–Crippen LogP) is 12.0. The van der Waals surface area contributed by atoms with Gasteiger partial charge in [0.15, 0.2) is 15.5 Å². The summed E-state index contributed by atoms with van der Waals surface area (Å²) in [4.78, 5) is 49.9. The number of thioether (sulfide) groups is 3. The second-order valence-electron chi connectivity index (χ2n) is 21.5. The summed E-state index contributed by atoms with van der Waals surface area (Å²) in [6.07, 6.45) is -9.61. The quantitative estimate of drug-likeness (QED) is 0.0694. The molecule has 0 bridgehead atoms. The van der Waals surface area contributed by atoms with Crippen LogP contribution >= 0.6 is 51.2 Å². The molecule has 0 saturated carbocycles. The van der Waals surface area contributed by atoms with E-state index in [4.69, 9.17) is 25.7 Å². The van der Waals surface area contributed by atoms with Gasteiger partial charge in [0.25, 0.3) is 29.6 Å². The Kier molecular flexibility index (Phi) is 19.2. The Morgan fingerprint density at radius 3 is 1.34 bits per heavy atom. The monoisotopic (exact) mass is 1360 g/mol. The van der Waals surface area contributed by atoms with Gasteiger partial charge < -0.3 is 41.6 Å². The van der Waals surface area contributed by atoms with Crippen LogP contribution in [-0.4, -0.2) is 113 Å². The molecule has 0 aliphatic carbocycles. The zero-order valence-electron chi connectivity index (χ0n) is 46.3. The van der Waals surface area contributed by atoms with E-state index in [-0.39, 0.29) is 68.6 Å². The number of halogens is 13. The summed E-state index contributed by atoms with van der Waals surface area (Å²) in [5, 5.41) is 7.43. The first kappa shape index (κ1) is 66.1. The van der Waals surface area contributed by atoms with Crippen molar-refractivity contribution >= 4 is 95.8 Å². The van der Waals surface area contributed by atoms with E-state index in [0.29, 0.717) is 28.2 Å². The molecule has 11 rings (SSSR count). The molecular formula is C58H53BrF12N8O6S3. The van der Waals surface area contributed by atoms with Gasteiger partial charge >= 0.3 is 12.1 Å². The summed E-state index contributed by atoms with van der Waals surface area (Å²) in [6, 6.07) is 27.7. The van der Waals surface area contributed by atoms with Crippen LogP contribution in [0.25, 0.3) is 0 Å². The van der Waals surface area contributed by atoms with Crippen molar-refractivity contribution < 1.29 is 81.3 Å². The minimum absolute atomic E-state index is 0.00732. The van der Waals surface area contributed by atoms with E-state index in [1.165, 1.54) is 48.2 Å². The first-order valence-corrected chi connectivity index (χ1v) is 30.3. The number of carbonyl (C=O) groups excluding carboxylic acids is 3. The van der Waals surface area contributed by atoms with E-state index >= 15 is 4.39 Å². The fraction of sp³-hybridized carbons (Fsp3) is 0.379. The smallest absolute Gasteiger partial charge is 0.399 e. The number of amidine groups is 3.